The fourth-order valence-electron chi connectivity index (χ4n) is 3.37. The van der Waals surface area contributed by atoms with Gasteiger partial charge in [-0.1, -0.05) is 12.1 Å². The van der Waals surface area contributed by atoms with Crippen LogP contribution in [0.3, 0.4) is 0 Å². The summed E-state index contributed by atoms with van der Waals surface area (Å²) in [5.74, 6) is 1.73. The lowest BCUT2D eigenvalue weighted by molar-refractivity contribution is 0.0322. The Kier molecular flexibility index (Phi) is 6.44. The summed E-state index contributed by atoms with van der Waals surface area (Å²) in [7, 11) is 1.68. The summed E-state index contributed by atoms with van der Waals surface area (Å²) in [6.45, 7) is 7.35. The molecule has 1 aromatic heterocycles. The van der Waals surface area contributed by atoms with E-state index in [0.29, 0.717) is 6.61 Å². The number of hydrogen-bond acceptors (Lipinski definition) is 6. The molecule has 152 valence electrons. The Bertz CT molecular complexity index is 934. The van der Waals surface area contributed by atoms with E-state index in [1.165, 1.54) is 4.88 Å². The molecule has 1 aliphatic heterocycles. The van der Waals surface area contributed by atoms with E-state index in [9.17, 15) is 0 Å². The van der Waals surface area contributed by atoms with E-state index in [2.05, 4.69) is 30.0 Å². The van der Waals surface area contributed by atoms with Gasteiger partial charge in [0, 0.05) is 35.6 Å². The summed E-state index contributed by atoms with van der Waals surface area (Å²) in [4.78, 5) is 8.45. The van der Waals surface area contributed by atoms with Gasteiger partial charge in [-0.15, -0.1) is 11.3 Å². The minimum absolute atomic E-state index is 0.690. The normalized spacial score (nSPS) is 14.7. The Morgan fingerprint density at radius 2 is 1.83 bits per heavy atom. The lowest BCUT2D eigenvalue weighted by Crippen LogP contribution is -2.38. The van der Waals surface area contributed by atoms with Crippen LogP contribution in [-0.2, 0) is 4.74 Å². The fraction of sp³-hybridized carbons (Fsp3) is 0.348. The third-order valence-electron chi connectivity index (χ3n) is 5.02. The molecule has 0 spiro atoms. The molecular weight excluding hydrogens is 384 g/mol. The fourth-order valence-corrected chi connectivity index (χ4v) is 4.30. The van der Waals surface area contributed by atoms with Gasteiger partial charge in [-0.2, -0.15) is 0 Å². The van der Waals surface area contributed by atoms with E-state index >= 15 is 0 Å². The monoisotopic (exact) mass is 410 g/mol. The largest absolute Gasteiger partial charge is 0.497 e. The SMILES string of the molecule is COc1cccc(-c2nc(-c3ccc(OCCN4CCOCC4)cc3)c(C)s2)c1. The van der Waals surface area contributed by atoms with Crippen molar-refractivity contribution >= 4 is 11.3 Å². The van der Waals surface area contributed by atoms with Crippen LogP contribution in [-0.4, -0.2) is 56.4 Å². The molecule has 2 aromatic carbocycles. The van der Waals surface area contributed by atoms with E-state index in [1.807, 2.05) is 30.3 Å². The smallest absolute Gasteiger partial charge is 0.124 e. The first-order valence-corrected chi connectivity index (χ1v) is 10.7. The van der Waals surface area contributed by atoms with Crippen molar-refractivity contribution < 1.29 is 14.2 Å². The number of thiazole rings is 1. The molecule has 1 aliphatic rings. The molecule has 0 bridgehead atoms. The Labute approximate surface area is 175 Å². The third-order valence-corrected chi connectivity index (χ3v) is 6.04. The number of aryl methyl sites for hydroxylation is 1. The van der Waals surface area contributed by atoms with Crippen LogP contribution in [0.5, 0.6) is 11.5 Å². The Balaban J connectivity index is 1.41. The second-order valence-electron chi connectivity index (χ2n) is 6.98. The van der Waals surface area contributed by atoms with Gasteiger partial charge in [0.25, 0.3) is 0 Å². The highest BCUT2D eigenvalue weighted by atomic mass is 32.1. The highest BCUT2D eigenvalue weighted by Gasteiger charge is 2.13. The van der Waals surface area contributed by atoms with Gasteiger partial charge in [-0.05, 0) is 43.3 Å². The maximum atomic E-state index is 5.92. The van der Waals surface area contributed by atoms with Gasteiger partial charge < -0.3 is 14.2 Å². The van der Waals surface area contributed by atoms with Crippen molar-refractivity contribution in [2.24, 2.45) is 0 Å². The maximum absolute atomic E-state index is 5.92. The van der Waals surface area contributed by atoms with Gasteiger partial charge in [0.15, 0.2) is 0 Å². The van der Waals surface area contributed by atoms with E-state index in [4.69, 9.17) is 19.2 Å². The van der Waals surface area contributed by atoms with Crippen LogP contribution >= 0.6 is 11.3 Å². The predicted molar refractivity (Wildman–Crippen MR) is 117 cm³/mol. The second kappa shape index (κ2) is 9.39. The van der Waals surface area contributed by atoms with Crippen LogP contribution in [0.1, 0.15) is 4.88 Å². The number of benzene rings is 2. The average Bonchev–Trinajstić information content (AvgIpc) is 3.17. The number of nitrogens with zero attached hydrogens (tertiary/aromatic N) is 2. The van der Waals surface area contributed by atoms with Crippen LogP contribution in [0, 0.1) is 6.92 Å². The Morgan fingerprint density at radius 3 is 2.59 bits per heavy atom. The van der Waals surface area contributed by atoms with Gasteiger partial charge in [0.1, 0.15) is 23.1 Å². The molecular formula is C23H26N2O3S. The van der Waals surface area contributed by atoms with Crippen molar-refractivity contribution in [3.05, 3.63) is 53.4 Å². The van der Waals surface area contributed by atoms with Crippen molar-refractivity contribution in [1.82, 2.24) is 9.88 Å². The van der Waals surface area contributed by atoms with Crippen LogP contribution in [0.2, 0.25) is 0 Å². The third kappa shape index (κ3) is 4.96. The standard InChI is InChI=1S/C23H26N2O3S/c1-17-22(24-23(29-17)19-4-3-5-21(16-19)26-2)18-6-8-20(9-7-18)28-15-12-25-10-13-27-14-11-25/h3-9,16H,10-15H2,1-2H3. The van der Waals surface area contributed by atoms with Gasteiger partial charge in [0.2, 0.25) is 0 Å². The second-order valence-corrected chi connectivity index (χ2v) is 8.19. The van der Waals surface area contributed by atoms with Gasteiger partial charge in [-0.25, -0.2) is 4.98 Å². The Morgan fingerprint density at radius 1 is 1.03 bits per heavy atom. The van der Waals surface area contributed by atoms with E-state index in [1.54, 1.807) is 18.4 Å². The number of hydrogen-bond donors (Lipinski definition) is 0. The summed E-state index contributed by atoms with van der Waals surface area (Å²) in [5.41, 5.74) is 3.20. The van der Waals surface area contributed by atoms with Crippen LogP contribution in [0.25, 0.3) is 21.8 Å². The molecule has 2 heterocycles. The molecule has 0 N–H and O–H groups in total. The van der Waals surface area contributed by atoms with Gasteiger partial charge in [-0.3, -0.25) is 4.90 Å². The molecule has 4 rings (SSSR count). The molecule has 0 saturated carbocycles. The van der Waals surface area contributed by atoms with Gasteiger partial charge in [0.05, 0.1) is 26.0 Å². The molecule has 3 aromatic rings. The lowest BCUT2D eigenvalue weighted by atomic mass is 10.1. The molecule has 0 amide bonds. The zero-order valence-electron chi connectivity index (χ0n) is 16.9. The van der Waals surface area contributed by atoms with E-state index in [0.717, 1.165) is 66.2 Å². The summed E-state index contributed by atoms with van der Waals surface area (Å²) in [6.07, 6.45) is 0. The molecule has 0 atom stereocenters. The van der Waals surface area contributed by atoms with Crippen LogP contribution in [0.15, 0.2) is 48.5 Å². The minimum Gasteiger partial charge on any atom is -0.497 e. The molecule has 1 fully saturated rings. The van der Waals surface area contributed by atoms with Crippen molar-refractivity contribution in [1.29, 1.82) is 0 Å². The summed E-state index contributed by atoms with van der Waals surface area (Å²) < 4.78 is 16.6. The number of ether oxygens (including phenoxy) is 3. The predicted octanol–water partition coefficient (Wildman–Crippen LogP) is 4.51. The zero-order valence-corrected chi connectivity index (χ0v) is 17.7. The van der Waals surface area contributed by atoms with Gasteiger partial charge >= 0.3 is 0 Å². The van der Waals surface area contributed by atoms with Crippen LogP contribution in [0.4, 0.5) is 0 Å². The summed E-state index contributed by atoms with van der Waals surface area (Å²) >= 11 is 1.70. The molecule has 0 radical (unpaired) electrons. The first-order chi connectivity index (χ1) is 14.2. The van der Waals surface area contributed by atoms with Crippen molar-refractivity contribution in [2.45, 2.75) is 6.92 Å². The Hall–Kier alpha value is -2.41. The first kappa shape index (κ1) is 19.9. The van der Waals surface area contributed by atoms with E-state index < -0.39 is 0 Å². The molecule has 29 heavy (non-hydrogen) atoms. The molecule has 1 saturated heterocycles. The van der Waals surface area contributed by atoms with Crippen molar-refractivity contribution in [3.63, 3.8) is 0 Å². The molecule has 5 nitrogen and oxygen atoms in total. The topological polar surface area (TPSA) is 43.8 Å². The average molecular weight is 411 g/mol. The first-order valence-electron chi connectivity index (χ1n) is 9.88. The highest BCUT2D eigenvalue weighted by Crippen LogP contribution is 2.34. The summed E-state index contributed by atoms with van der Waals surface area (Å²) in [5, 5.41) is 1.00. The molecule has 6 heteroatoms. The van der Waals surface area contributed by atoms with Crippen LogP contribution < -0.4 is 9.47 Å². The van der Waals surface area contributed by atoms with Crippen molar-refractivity contribution in [3.8, 4) is 33.3 Å². The number of morpholine rings is 1. The minimum atomic E-state index is 0.690. The maximum Gasteiger partial charge on any atom is 0.124 e. The molecule has 0 unspecified atom stereocenters. The summed E-state index contributed by atoms with van der Waals surface area (Å²) in [6, 6.07) is 16.2. The quantitative estimate of drug-likeness (QED) is 0.574. The lowest BCUT2D eigenvalue weighted by Gasteiger charge is -2.26. The number of aromatic nitrogens is 1. The van der Waals surface area contributed by atoms with Crippen molar-refractivity contribution in [2.75, 3.05) is 46.6 Å². The highest BCUT2D eigenvalue weighted by molar-refractivity contribution is 7.15. The van der Waals surface area contributed by atoms with E-state index in [-0.39, 0.29) is 0 Å². The number of methoxy groups -OCH3 is 1. The molecule has 0 aliphatic carbocycles. The zero-order chi connectivity index (χ0) is 20.1. The number of rotatable bonds is 7.